The van der Waals surface area contributed by atoms with Crippen molar-refractivity contribution in [2.45, 2.75) is 24.0 Å². The van der Waals surface area contributed by atoms with Crippen LogP contribution in [-0.2, 0) is 0 Å². The minimum absolute atomic E-state index is 0.311. The predicted molar refractivity (Wildman–Crippen MR) is 171 cm³/mol. The number of halogens is 1. The van der Waals surface area contributed by atoms with Crippen molar-refractivity contribution >= 4 is 28.8 Å². The van der Waals surface area contributed by atoms with Gasteiger partial charge in [0.2, 0.25) is 0 Å². The summed E-state index contributed by atoms with van der Waals surface area (Å²) < 4.78 is 21.3. The molecule has 226 valence electrons. The van der Waals surface area contributed by atoms with Crippen LogP contribution in [0.3, 0.4) is 0 Å². The molecule has 0 unspecified atom stereocenters. The molecule has 2 saturated heterocycles. The minimum atomic E-state index is -0.311. The second-order valence-electron chi connectivity index (χ2n) is 11.1. The van der Waals surface area contributed by atoms with Gasteiger partial charge >= 0.3 is 0 Å². The van der Waals surface area contributed by atoms with Crippen molar-refractivity contribution in [1.29, 1.82) is 0 Å². The lowest BCUT2D eigenvalue weighted by Gasteiger charge is -2.43. The summed E-state index contributed by atoms with van der Waals surface area (Å²) in [5.41, 5.74) is 18.3. The summed E-state index contributed by atoms with van der Waals surface area (Å²) in [6, 6.07) is 12.6. The number of thioether (sulfide) groups is 1. The molecule has 2 fully saturated rings. The van der Waals surface area contributed by atoms with Gasteiger partial charge in [0, 0.05) is 50.0 Å². The van der Waals surface area contributed by atoms with Crippen molar-refractivity contribution in [3.05, 3.63) is 54.5 Å². The van der Waals surface area contributed by atoms with E-state index in [0.717, 1.165) is 56.2 Å². The molecule has 0 atom stereocenters. The van der Waals surface area contributed by atoms with Crippen molar-refractivity contribution in [2.75, 3.05) is 76.0 Å². The number of aromatic nitrogens is 4. The first-order chi connectivity index (χ1) is 20.9. The van der Waals surface area contributed by atoms with Crippen molar-refractivity contribution in [3.63, 3.8) is 0 Å². The summed E-state index contributed by atoms with van der Waals surface area (Å²) in [6.07, 6.45) is 6.09. The third kappa shape index (κ3) is 5.74. The van der Waals surface area contributed by atoms with Gasteiger partial charge in [-0.15, -0.1) is 10.2 Å². The van der Waals surface area contributed by atoms with Crippen molar-refractivity contribution in [3.8, 4) is 34.1 Å². The molecule has 4 N–H and O–H groups in total. The molecule has 0 spiro atoms. The molecule has 2 aliphatic heterocycles. The second kappa shape index (κ2) is 12.4. The van der Waals surface area contributed by atoms with Gasteiger partial charge in [0.1, 0.15) is 11.6 Å². The molecule has 10 nitrogen and oxygen atoms in total. The maximum absolute atomic E-state index is 13.7. The fourth-order valence-corrected chi connectivity index (χ4v) is 6.68. The zero-order valence-corrected chi connectivity index (χ0v) is 25.6. The van der Waals surface area contributed by atoms with Crippen LogP contribution in [0.5, 0.6) is 5.75 Å². The summed E-state index contributed by atoms with van der Waals surface area (Å²) in [4.78, 5) is 12.1. The number of hydrogen-bond acceptors (Lipinski definition) is 10. The number of nitrogen functional groups attached to an aromatic ring is 2. The number of pyridine rings is 1. The second-order valence-corrected chi connectivity index (χ2v) is 11.9. The van der Waals surface area contributed by atoms with E-state index in [9.17, 15) is 4.39 Å². The Hall–Kier alpha value is -3.87. The number of piperidine rings is 1. The Morgan fingerprint density at radius 1 is 0.930 bits per heavy atom. The van der Waals surface area contributed by atoms with Gasteiger partial charge in [-0.2, -0.15) is 0 Å². The molecule has 0 saturated carbocycles. The first-order valence-electron chi connectivity index (χ1n) is 14.5. The lowest BCUT2D eigenvalue weighted by Crippen LogP contribution is -2.53. The topological polar surface area (TPSA) is 115 Å². The SMILES string of the molecule is COc1cc(N2CCN(C3CCN(C)CC3)CC2)c(N)c(-c2cc(-n3c(SC)nnc3-c3ccc(F)cc3)ccn2)c1N. The number of anilines is 3. The van der Waals surface area contributed by atoms with Crippen molar-refractivity contribution < 1.29 is 9.13 Å². The molecule has 4 heterocycles. The van der Waals surface area contributed by atoms with Gasteiger partial charge in [0.15, 0.2) is 11.0 Å². The normalized spacial score (nSPS) is 17.0. The van der Waals surface area contributed by atoms with Crippen LogP contribution in [0.2, 0.25) is 0 Å². The maximum Gasteiger partial charge on any atom is 0.195 e. The van der Waals surface area contributed by atoms with Gasteiger partial charge in [0.25, 0.3) is 0 Å². The highest BCUT2D eigenvalue weighted by Crippen LogP contribution is 2.44. The van der Waals surface area contributed by atoms with E-state index in [0.29, 0.717) is 45.4 Å². The fourth-order valence-electron chi connectivity index (χ4n) is 6.19. The number of rotatable bonds is 7. The third-order valence-electron chi connectivity index (χ3n) is 8.60. The molecule has 0 amide bonds. The first-order valence-corrected chi connectivity index (χ1v) is 15.8. The third-order valence-corrected chi connectivity index (χ3v) is 9.23. The predicted octanol–water partition coefficient (Wildman–Crippen LogP) is 4.25. The fraction of sp³-hybridized carbons (Fsp3) is 0.387. The van der Waals surface area contributed by atoms with Gasteiger partial charge < -0.3 is 26.0 Å². The Kier molecular flexibility index (Phi) is 8.42. The summed E-state index contributed by atoms with van der Waals surface area (Å²) >= 11 is 1.47. The maximum atomic E-state index is 13.7. The molecular weight excluding hydrogens is 565 g/mol. The first kappa shape index (κ1) is 29.2. The molecule has 0 radical (unpaired) electrons. The quantitative estimate of drug-likeness (QED) is 0.235. The zero-order valence-electron chi connectivity index (χ0n) is 24.8. The Morgan fingerprint density at radius 2 is 1.65 bits per heavy atom. The summed E-state index contributed by atoms with van der Waals surface area (Å²) in [7, 11) is 3.82. The molecule has 4 aromatic rings. The zero-order chi connectivity index (χ0) is 30.1. The van der Waals surface area contributed by atoms with E-state index in [1.54, 1.807) is 25.4 Å². The number of hydrogen-bond donors (Lipinski definition) is 2. The van der Waals surface area contributed by atoms with Gasteiger partial charge in [0.05, 0.1) is 41.1 Å². The molecule has 12 heteroatoms. The van der Waals surface area contributed by atoms with Crippen LogP contribution in [0.15, 0.2) is 53.8 Å². The van der Waals surface area contributed by atoms with Gasteiger partial charge in [-0.25, -0.2) is 4.39 Å². The van der Waals surface area contributed by atoms with Crippen molar-refractivity contribution in [2.24, 2.45) is 0 Å². The number of likely N-dealkylation sites (tertiary alicyclic amines) is 1. The highest BCUT2D eigenvalue weighted by Gasteiger charge is 2.29. The molecular formula is C31H38FN9OS. The molecule has 0 aliphatic carbocycles. The minimum Gasteiger partial charge on any atom is -0.494 e. The number of piperazine rings is 1. The van der Waals surface area contributed by atoms with E-state index >= 15 is 0 Å². The van der Waals surface area contributed by atoms with Crippen LogP contribution < -0.4 is 21.1 Å². The van der Waals surface area contributed by atoms with Crippen LogP contribution in [0.25, 0.3) is 28.3 Å². The van der Waals surface area contributed by atoms with Gasteiger partial charge in [-0.1, -0.05) is 11.8 Å². The van der Waals surface area contributed by atoms with Gasteiger partial charge in [-0.05, 0) is 75.6 Å². The highest BCUT2D eigenvalue weighted by atomic mass is 32.2. The van der Waals surface area contributed by atoms with E-state index in [1.165, 1.54) is 36.7 Å². The number of methoxy groups -OCH3 is 1. The van der Waals surface area contributed by atoms with E-state index < -0.39 is 0 Å². The Balaban J connectivity index is 1.34. The Bertz CT molecular complexity index is 1580. The Labute approximate surface area is 255 Å². The smallest absolute Gasteiger partial charge is 0.195 e. The monoisotopic (exact) mass is 603 g/mol. The molecule has 2 aromatic carbocycles. The van der Waals surface area contributed by atoms with E-state index in [-0.39, 0.29) is 5.82 Å². The standard InChI is InChI=1S/C31H38FN9OS/c1-38-12-9-22(10-13-38)39-14-16-40(17-15-39)25-19-26(42-2)29(34)27(28(25)33)24-18-23(8-11-35-24)41-30(36-37-31(41)43-3)20-4-6-21(32)7-5-20/h4-8,11,18-19,22H,9-10,12-17,33-34H2,1-3H3. The Morgan fingerprint density at radius 3 is 2.33 bits per heavy atom. The van der Waals surface area contributed by atoms with Crippen LogP contribution in [0.4, 0.5) is 21.5 Å². The molecule has 0 bridgehead atoms. The summed E-state index contributed by atoms with van der Waals surface area (Å²) in [5.74, 6) is 0.843. The van der Waals surface area contributed by atoms with E-state index in [2.05, 4.69) is 31.9 Å². The summed E-state index contributed by atoms with van der Waals surface area (Å²) in [6.45, 7) is 6.02. The molecule has 6 rings (SSSR count). The average Bonchev–Trinajstić information content (AvgIpc) is 3.47. The number of benzene rings is 2. The molecule has 2 aliphatic rings. The largest absolute Gasteiger partial charge is 0.494 e. The molecule has 2 aromatic heterocycles. The number of nitrogens with zero attached hydrogens (tertiary/aromatic N) is 7. The lowest BCUT2D eigenvalue weighted by molar-refractivity contribution is 0.115. The van der Waals surface area contributed by atoms with E-state index in [1.807, 2.05) is 29.0 Å². The highest BCUT2D eigenvalue weighted by molar-refractivity contribution is 7.98. The number of ether oxygens (including phenoxy) is 1. The number of nitrogens with two attached hydrogens (primary N) is 2. The molecule has 43 heavy (non-hydrogen) atoms. The van der Waals surface area contributed by atoms with E-state index in [4.69, 9.17) is 21.2 Å². The van der Waals surface area contributed by atoms with Crippen molar-refractivity contribution in [1.82, 2.24) is 29.5 Å². The van der Waals surface area contributed by atoms with Crippen LogP contribution >= 0.6 is 11.8 Å². The van der Waals surface area contributed by atoms with Crippen LogP contribution in [0, 0.1) is 5.82 Å². The van der Waals surface area contributed by atoms with Gasteiger partial charge in [-0.3, -0.25) is 14.5 Å². The van der Waals surface area contributed by atoms with Crippen LogP contribution in [-0.4, -0.2) is 95.3 Å². The lowest BCUT2D eigenvalue weighted by atomic mass is 10.0. The summed E-state index contributed by atoms with van der Waals surface area (Å²) in [5, 5.41) is 9.47. The average molecular weight is 604 g/mol. The van der Waals surface area contributed by atoms with Crippen LogP contribution in [0.1, 0.15) is 12.8 Å².